The Morgan fingerprint density at radius 1 is 1.03 bits per heavy atom. The fraction of sp³-hybridized carbons (Fsp3) is 0.458. The van der Waals surface area contributed by atoms with Crippen molar-refractivity contribution >= 4 is 15.9 Å². The van der Waals surface area contributed by atoms with Gasteiger partial charge in [-0.2, -0.15) is 4.31 Å². The van der Waals surface area contributed by atoms with E-state index >= 15 is 0 Å². The molecule has 2 aromatic rings. The molecule has 4 rings (SSSR count). The van der Waals surface area contributed by atoms with Crippen LogP contribution < -0.4 is 10.1 Å². The molecule has 1 N–H and O–H groups in total. The van der Waals surface area contributed by atoms with Gasteiger partial charge in [-0.05, 0) is 51.0 Å². The Morgan fingerprint density at radius 2 is 1.74 bits per heavy atom. The van der Waals surface area contributed by atoms with E-state index in [-0.39, 0.29) is 16.8 Å². The molecular formula is C24H30N2O4S. The molecule has 1 atom stereocenters. The van der Waals surface area contributed by atoms with Crippen LogP contribution in [0.1, 0.15) is 67.9 Å². The largest absolute Gasteiger partial charge is 0.487 e. The second-order valence-electron chi connectivity index (χ2n) is 8.98. The molecule has 2 aromatic carbocycles. The highest BCUT2D eigenvalue weighted by atomic mass is 32.2. The monoisotopic (exact) mass is 442 g/mol. The number of para-hydroxylation sites is 1. The van der Waals surface area contributed by atoms with Gasteiger partial charge in [0, 0.05) is 30.6 Å². The molecule has 1 amide bonds. The molecule has 0 bridgehead atoms. The molecule has 31 heavy (non-hydrogen) atoms. The van der Waals surface area contributed by atoms with E-state index in [1.54, 1.807) is 22.5 Å². The number of carbonyl (C=O) groups is 1. The topological polar surface area (TPSA) is 75.7 Å². The van der Waals surface area contributed by atoms with Crippen LogP contribution in [0.4, 0.5) is 0 Å². The number of rotatable bonds is 4. The first-order chi connectivity index (χ1) is 14.8. The van der Waals surface area contributed by atoms with E-state index < -0.39 is 15.6 Å². The first-order valence-electron chi connectivity index (χ1n) is 11.0. The van der Waals surface area contributed by atoms with E-state index in [0.29, 0.717) is 25.1 Å². The van der Waals surface area contributed by atoms with Crippen LogP contribution in [0.5, 0.6) is 5.75 Å². The number of nitrogens with zero attached hydrogens (tertiary/aromatic N) is 1. The van der Waals surface area contributed by atoms with E-state index in [1.165, 1.54) is 6.07 Å². The number of nitrogens with one attached hydrogen (secondary N) is 1. The fourth-order valence-corrected chi connectivity index (χ4v) is 5.96. The van der Waals surface area contributed by atoms with Gasteiger partial charge in [-0.15, -0.1) is 0 Å². The van der Waals surface area contributed by atoms with Crippen molar-refractivity contribution in [2.75, 3.05) is 13.1 Å². The zero-order chi connectivity index (χ0) is 22.1. The molecule has 1 saturated heterocycles. The summed E-state index contributed by atoms with van der Waals surface area (Å²) in [6, 6.07) is 13.9. The van der Waals surface area contributed by atoms with Crippen molar-refractivity contribution in [2.45, 2.75) is 62.5 Å². The van der Waals surface area contributed by atoms with Crippen LogP contribution >= 0.6 is 0 Å². The standard InChI is InChI=1S/C24H30N2O4S/c1-24(2)17-21(20-12-5-6-13-22(20)30-24)25-23(27)18-10-9-11-19(16-18)31(28,29)26-14-7-3-4-8-15-26/h5-6,9-13,16,21H,3-4,7-8,14-15,17H2,1-2H3,(H,25,27)/t21-/m0/s1. The zero-order valence-corrected chi connectivity index (χ0v) is 19.0. The predicted molar refractivity (Wildman–Crippen MR) is 120 cm³/mol. The number of hydrogen-bond acceptors (Lipinski definition) is 4. The van der Waals surface area contributed by atoms with Gasteiger partial charge in [0.2, 0.25) is 10.0 Å². The predicted octanol–water partition coefficient (Wildman–Crippen LogP) is 4.28. The minimum atomic E-state index is -3.61. The van der Waals surface area contributed by atoms with E-state index in [0.717, 1.165) is 37.0 Å². The van der Waals surface area contributed by atoms with E-state index in [1.807, 2.05) is 38.1 Å². The Hall–Kier alpha value is -2.38. The summed E-state index contributed by atoms with van der Waals surface area (Å²) in [5.74, 6) is 0.479. The van der Waals surface area contributed by atoms with Gasteiger partial charge in [-0.1, -0.05) is 37.1 Å². The Morgan fingerprint density at radius 3 is 2.48 bits per heavy atom. The van der Waals surface area contributed by atoms with Gasteiger partial charge in [0.25, 0.3) is 5.91 Å². The van der Waals surface area contributed by atoms with Crippen molar-refractivity contribution in [2.24, 2.45) is 0 Å². The minimum Gasteiger partial charge on any atom is -0.487 e. The highest BCUT2D eigenvalue weighted by Gasteiger charge is 2.34. The normalized spacial score (nSPS) is 21.4. The number of sulfonamides is 1. The molecule has 0 aromatic heterocycles. The van der Waals surface area contributed by atoms with Crippen molar-refractivity contribution < 1.29 is 17.9 Å². The van der Waals surface area contributed by atoms with Crippen molar-refractivity contribution in [1.29, 1.82) is 0 Å². The highest BCUT2D eigenvalue weighted by Crippen LogP contribution is 2.39. The van der Waals surface area contributed by atoms with Crippen LogP contribution in [0.3, 0.4) is 0 Å². The lowest BCUT2D eigenvalue weighted by Crippen LogP contribution is -2.41. The lowest BCUT2D eigenvalue weighted by Gasteiger charge is -2.37. The lowest BCUT2D eigenvalue weighted by molar-refractivity contribution is 0.0619. The maximum absolute atomic E-state index is 13.1. The molecule has 0 radical (unpaired) electrons. The number of carbonyl (C=O) groups excluding carboxylic acids is 1. The van der Waals surface area contributed by atoms with Crippen LogP contribution in [0.25, 0.3) is 0 Å². The van der Waals surface area contributed by atoms with E-state index in [2.05, 4.69) is 5.32 Å². The smallest absolute Gasteiger partial charge is 0.251 e. The molecule has 166 valence electrons. The van der Waals surface area contributed by atoms with E-state index in [9.17, 15) is 13.2 Å². The van der Waals surface area contributed by atoms with Gasteiger partial charge in [-0.25, -0.2) is 8.42 Å². The van der Waals surface area contributed by atoms with Crippen LogP contribution in [0.15, 0.2) is 53.4 Å². The number of benzene rings is 2. The SMILES string of the molecule is CC1(C)C[C@H](NC(=O)c2cccc(S(=O)(=O)N3CCCCCC3)c2)c2ccccc2O1. The summed E-state index contributed by atoms with van der Waals surface area (Å²) in [5.41, 5.74) is 0.866. The first kappa shape index (κ1) is 21.8. The molecule has 2 heterocycles. The Bertz CT molecular complexity index is 1060. The molecule has 1 fully saturated rings. The minimum absolute atomic E-state index is 0.176. The molecule has 0 unspecified atom stereocenters. The third-order valence-electron chi connectivity index (χ3n) is 5.98. The average Bonchev–Trinajstić information content (AvgIpc) is 3.03. The van der Waals surface area contributed by atoms with Gasteiger partial charge < -0.3 is 10.1 Å². The summed E-state index contributed by atoms with van der Waals surface area (Å²) >= 11 is 0. The van der Waals surface area contributed by atoms with Gasteiger partial charge in [0.05, 0.1) is 10.9 Å². The molecule has 0 saturated carbocycles. The van der Waals surface area contributed by atoms with Gasteiger partial charge in [-0.3, -0.25) is 4.79 Å². The summed E-state index contributed by atoms with van der Waals surface area (Å²) in [4.78, 5) is 13.3. The van der Waals surface area contributed by atoms with Gasteiger partial charge in [0.15, 0.2) is 0 Å². The zero-order valence-electron chi connectivity index (χ0n) is 18.1. The van der Waals surface area contributed by atoms with Crippen LogP contribution in [-0.4, -0.2) is 37.3 Å². The van der Waals surface area contributed by atoms with Crippen molar-refractivity contribution in [3.8, 4) is 5.75 Å². The maximum Gasteiger partial charge on any atom is 0.251 e. The Balaban J connectivity index is 1.56. The van der Waals surface area contributed by atoms with Crippen molar-refractivity contribution in [3.63, 3.8) is 0 Å². The third-order valence-corrected chi connectivity index (χ3v) is 7.88. The quantitative estimate of drug-likeness (QED) is 0.767. The summed E-state index contributed by atoms with van der Waals surface area (Å²) in [7, 11) is -3.61. The van der Waals surface area contributed by atoms with Crippen LogP contribution in [0.2, 0.25) is 0 Å². The molecule has 0 spiro atoms. The van der Waals surface area contributed by atoms with Gasteiger partial charge in [0.1, 0.15) is 11.4 Å². The number of fused-ring (bicyclic) bond motifs is 1. The van der Waals surface area contributed by atoms with Crippen molar-refractivity contribution in [3.05, 3.63) is 59.7 Å². The summed E-state index contributed by atoms with van der Waals surface area (Å²) < 4.78 is 33.9. The molecular weight excluding hydrogens is 412 g/mol. The molecule has 2 aliphatic rings. The molecule has 6 nitrogen and oxygen atoms in total. The second-order valence-corrected chi connectivity index (χ2v) is 10.9. The number of ether oxygens (including phenoxy) is 1. The van der Waals surface area contributed by atoms with Crippen molar-refractivity contribution in [1.82, 2.24) is 9.62 Å². The summed E-state index contributed by atoms with van der Waals surface area (Å²) in [5, 5.41) is 3.09. The lowest BCUT2D eigenvalue weighted by atomic mass is 9.89. The molecule has 0 aliphatic carbocycles. The molecule has 2 aliphatic heterocycles. The number of amides is 1. The third kappa shape index (κ3) is 4.77. The first-order valence-corrected chi connectivity index (χ1v) is 12.4. The van der Waals surface area contributed by atoms with E-state index in [4.69, 9.17) is 4.74 Å². The second kappa shape index (κ2) is 8.63. The van der Waals surface area contributed by atoms with Crippen LogP contribution in [-0.2, 0) is 10.0 Å². The van der Waals surface area contributed by atoms with Crippen LogP contribution in [0, 0.1) is 0 Å². The Kier molecular flexibility index (Phi) is 6.08. The number of hydrogen-bond donors (Lipinski definition) is 1. The summed E-state index contributed by atoms with van der Waals surface area (Å²) in [6.45, 7) is 5.06. The van der Waals surface area contributed by atoms with Gasteiger partial charge >= 0.3 is 0 Å². The highest BCUT2D eigenvalue weighted by molar-refractivity contribution is 7.89. The fourth-order valence-electron chi connectivity index (χ4n) is 4.40. The maximum atomic E-state index is 13.1. The Labute approximate surface area is 184 Å². The summed E-state index contributed by atoms with van der Waals surface area (Å²) in [6.07, 6.45) is 4.48. The average molecular weight is 443 g/mol. The molecule has 7 heteroatoms.